The number of rotatable bonds is 4. The molecule has 6 nitrogen and oxygen atoms in total. The van der Waals surface area contributed by atoms with Crippen LogP contribution in [0, 0.1) is 12.7 Å². The van der Waals surface area contributed by atoms with Crippen molar-refractivity contribution < 1.29 is 13.9 Å². The number of nitrogens with zero attached hydrogens (tertiary/aromatic N) is 3. The van der Waals surface area contributed by atoms with Gasteiger partial charge in [0, 0.05) is 48.1 Å². The van der Waals surface area contributed by atoms with Crippen molar-refractivity contribution in [2.24, 2.45) is 0 Å². The topological polar surface area (TPSA) is 67.4 Å². The molecular formula is C26H27FN4O2. The number of nitrogens with one attached hydrogen (secondary N) is 1. The zero-order valence-electron chi connectivity index (χ0n) is 18.8. The highest BCUT2D eigenvalue weighted by Gasteiger charge is 2.27. The highest BCUT2D eigenvalue weighted by Crippen LogP contribution is 2.32. The highest BCUT2D eigenvalue weighted by atomic mass is 19.1. The number of hydrogen-bond acceptors (Lipinski definition) is 5. The van der Waals surface area contributed by atoms with Crippen molar-refractivity contribution in [3.63, 3.8) is 0 Å². The fraction of sp³-hybridized carbons (Fsp3) is 0.346. The van der Waals surface area contributed by atoms with Crippen LogP contribution in [0.3, 0.4) is 0 Å². The normalized spacial score (nSPS) is 18.0. The molecule has 1 unspecified atom stereocenters. The molecule has 1 amide bonds. The van der Waals surface area contributed by atoms with E-state index in [-0.39, 0.29) is 23.7 Å². The number of pyridine rings is 2. The SMILES string of the molecule is Cc1cc(Nc2ccc(F)cn2)cc(C2CCN(C(=O)c3ccc4c(c3)CC(C)O4)CC2)n1. The standard InChI is InChI=1S/C26H27FN4O2/c1-16-11-22(30-25-6-4-21(27)15-28-25)14-23(29-16)18-7-9-31(10-8-18)26(32)19-3-5-24-20(13-19)12-17(2)33-24/h3-6,11,13-15,17-18H,7-10,12H2,1-2H3,(H,28,29,30). The summed E-state index contributed by atoms with van der Waals surface area (Å²) < 4.78 is 18.9. The lowest BCUT2D eigenvalue weighted by Crippen LogP contribution is -2.38. The van der Waals surface area contributed by atoms with Crippen LogP contribution in [0.25, 0.3) is 0 Å². The average Bonchev–Trinajstić information content (AvgIpc) is 3.19. The van der Waals surface area contributed by atoms with E-state index in [1.54, 1.807) is 6.07 Å². The number of fused-ring (bicyclic) bond motifs is 1. The molecule has 0 spiro atoms. The number of ether oxygens (including phenoxy) is 1. The second-order valence-corrected chi connectivity index (χ2v) is 8.93. The van der Waals surface area contributed by atoms with E-state index < -0.39 is 0 Å². The van der Waals surface area contributed by atoms with Crippen LogP contribution in [0.5, 0.6) is 5.75 Å². The summed E-state index contributed by atoms with van der Waals surface area (Å²) in [6, 6.07) is 12.7. The Kier molecular flexibility index (Phi) is 5.70. The number of aryl methyl sites for hydroxylation is 1. The van der Waals surface area contributed by atoms with Gasteiger partial charge in [-0.3, -0.25) is 9.78 Å². The molecule has 1 saturated heterocycles. The maximum absolute atomic E-state index is 13.1. The maximum atomic E-state index is 13.1. The molecule has 170 valence electrons. The van der Waals surface area contributed by atoms with Crippen LogP contribution in [0.1, 0.15) is 53.0 Å². The molecule has 0 radical (unpaired) electrons. The first kappa shape index (κ1) is 21.4. The number of likely N-dealkylation sites (tertiary alicyclic amines) is 1. The lowest BCUT2D eigenvalue weighted by atomic mass is 9.92. The first-order chi connectivity index (χ1) is 15.9. The molecule has 4 heterocycles. The number of piperidine rings is 1. The number of hydrogen-bond donors (Lipinski definition) is 1. The Morgan fingerprint density at radius 3 is 2.73 bits per heavy atom. The van der Waals surface area contributed by atoms with Crippen LogP contribution in [-0.2, 0) is 6.42 Å². The Hall–Kier alpha value is -3.48. The summed E-state index contributed by atoms with van der Waals surface area (Å²) in [6.07, 6.45) is 3.93. The van der Waals surface area contributed by atoms with Crippen molar-refractivity contribution in [3.05, 3.63) is 77.0 Å². The monoisotopic (exact) mass is 446 g/mol. The second-order valence-electron chi connectivity index (χ2n) is 8.93. The molecule has 1 aromatic carbocycles. The number of benzene rings is 1. The number of aromatic nitrogens is 2. The first-order valence-electron chi connectivity index (χ1n) is 11.4. The van der Waals surface area contributed by atoms with Crippen molar-refractivity contribution >= 4 is 17.4 Å². The summed E-state index contributed by atoms with van der Waals surface area (Å²) in [6.45, 7) is 5.41. The van der Waals surface area contributed by atoms with Gasteiger partial charge in [-0.1, -0.05) is 0 Å². The van der Waals surface area contributed by atoms with Crippen LogP contribution in [0.2, 0.25) is 0 Å². The molecular weight excluding hydrogens is 419 g/mol. The molecule has 2 aliphatic heterocycles. The minimum absolute atomic E-state index is 0.0812. The Bertz CT molecular complexity index is 1170. The van der Waals surface area contributed by atoms with E-state index in [2.05, 4.69) is 10.3 Å². The lowest BCUT2D eigenvalue weighted by molar-refractivity contribution is 0.0712. The maximum Gasteiger partial charge on any atom is 0.253 e. The summed E-state index contributed by atoms with van der Waals surface area (Å²) in [5, 5.41) is 3.23. The molecule has 1 atom stereocenters. The minimum Gasteiger partial charge on any atom is -0.490 e. The van der Waals surface area contributed by atoms with Gasteiger partial charge in [0.2, 0.25) is 0 Å². The zero-order chi connectivity index (χ0) is 22.9. The number of halogens is 1. The molecule has 33 heavy (non-hydrogen) atoms. The van der Waals surface area contributed by atoms with Crippen LogP contribution in [-0.4, -0.2) is 40.0 Å². The molecule has 1 N–H and O–H groups in total. The van der Waals surface area contributed by atoms with Gasteiger partial charge in [0.1, 0.15) is 23.5 Å². The van der Waals surface area contributed by atoms with Gasteiger partial charge in [-0.15, -0.1) is 0 Å². The Balaban J connectivity index is 1.24. The summed E-state index contributed by atoms with van der Waals surface area (Å²) >= 11 is 0. The van der Waals surface area contributed by atoms with Gasteiger partial charge in [0.15, 0.2) is 0 Å². The van der Waals surface area contributed by atoms with Crippen molar-refractivity contribution in [1.82, 2.24) is 14.9 Å². The molecule has 1 fully saturated rings. The molecule has 3 aromatic rings. The second kappa shape index (κ2) is 8.81. The highest BCUT2D eigenvalue weighted by molar-refractivity contribution is 5.94. The summed E-state index contributed by atoms with van der Waals surface area (Å²) in [7, 11) is 0. The Labute approximate surface area is 192 Å². The van der Waals surface area contributed by atoms with Gasteiger partial charge in [0.05, 0.1) is 6.20 Å². The van der Waals surface area contributed by atoms with Crippen LogP contribution < -0.4 is 10.1 Å². The van der Waals surface area contributed by atoms with Crippen molar-refractivity contribution in [3.8, 4) is 5.75 Å². The van der Waals surface area contributed by atoms with Crippen LogP contribution in [0.15, 0.2) is 48.7 Å². The number of carbonyl (C=O) groups is 1. The predicted octanol–water partition coefficient (Wildman–Crippen LogP) is 5.01. The number of carbonyl (C=O) groups excluding carboxylic acids is 1. The summed E-state index contributed by atoms with van der Waals surface area (Å²) in [4.78, 5) is 23.8. The molecule has 0 saturated carbocycles. The van der Waals surface area contributed by atoms with Gasteiger partial charge in [0.25, 0.3) is 5.91 Å². The molecule has 0 aliphatic carbocycles. The Morgan fingerprint density at radius 2 is 1.97 bits per heavy atom. The fourth-order valence-corrected chi connectivity index (χ4v) is 4.69. The van der Waals surface area contributed by atoms with Gasteiger partial charge >= 0.3 is 0 Å². The van der Waals surface area contributed by atoms with E-state index in [1.807, 2.05) is 49.1 Å². The fourth-order valence-electron chi connectivity index (χ4n) is 4.69. The van der Waals surface area contributed by atoms with E-state index in [0.29, 0.717) is 18.9 Å². The number of amides is 1. The van der Waals surface area contributed by atoms with E-state index in [4.69, 9.17) is 9.72 Å². The van der Waals surface area contributed by atoms with Crippen LogP contribution in [0.4, 0.5) is 15.9 Å². The van der Waals surface area contributed by atoms with Gasteiger partial charge in [-0.05, 0) is 74.7 Å². The minimum atomic E-state index is -0.365. The number of anilines is 2. The van der Waals surface area contributed by atoms with Crippen molar-refractivity contribution in [1.29, 1.82) is 0 Å². The van der Waals surface area contributed by atoms with Crippen LogP contribution >= 0.6 is 0 Å². The van der Waals surface area contributed by atoms with Crippen molar-refractivity contribution in [2.75, 3.05) is 18.4 Å². The molecule has 5 rings (SSSR count). The quantitative estimate of drug-likeness (QED) is 0.610. The van der Waals surface area contributed by atoms with Gasteiger partial charge < -0.3 is 15.0 Å². The summed E-state index contributed by atoms with van der Waals surface area (Å²) in [5.41, 5.74) is 4.64. The molecule has 0 bridgehead atoms. The van der Waals surface area contributed by atoms with E-state index in [1.165, 1.54) is 12.3 Å². The van der Waals surface area contributed by atoms with E-state index in [9.17, 15) is 9.18 Å². The summed E-state index contributed by atoms with van der Waals surface area (Å²) in [5.74, 6) is 1.48. The molecule has 2 aliphatic rings. The third-order valence-corrected chi connectivity index (χ3v) is 6.32. The molecule has 7 heteroatoms. The van der Waals surface area contributed by atoms with E-state index >= 15 is 0 Å². The van der Waals surface area contributed by atoms with Crippen molar-refractivity contribution in [2.45, 2.75) is 45.1 Å². The predicted molar refractivity (Wildman–Crippen MR) is 125 cm³/mol. The lowest BCUT2D eigenvalue weighted by Gasteiger charge is -2.32. The third kappa shape index (κ3) is 4.67. The average molecular weight is 447 g/mol. The Morgan fingerprint density at radius 1 is 1.15 bits per heavy atom. The van der Waals surface area contributed by atoms with Gasteiger partial charge in [-0.25, -0.2) is 9.37 Å². The largest absolute Gasteiger partial charge is 0.490 e. The zero-order valence-corrected chi connectivity index (χ0v) is 18.8. The molecule has 2 aromatic heterocycles. The van der Waals surface area contributed by atoms with E-state index in [0.717, 1.165) is 53.2 Å². The van der Waals surface area contributed by atoms with Gasteiger partial charge in [-0.2, -0.15) is 0 Å². The smallest absolute Gasteiger partial charge is 0.253 e. The first-order valence-corrected chi connectivity index (χ1v) is 11.4. The third-order valence-electron chi connectivity index (χ3n) is 6.32.